The molecule has 0 aliphatic carbocycles. The van der Waals surface area contributed by atoms with Gasteiger partial charge in [-0.25, -0.2) is 9.97 Å². The Morgan fingerprint density at radius 3 is 2.71 bits per heavy atom. The van der Waals surface area contributed by atoms with Crippen molar-refractivity contribution >= 4 is 22.9 Å². The van der Waals surface area contributed by atoms with Crippen LogP contribution in [0.25, 0.3) is 10.6 Å². The van der Waals surface area contributed by atoms with E-state index in [9.17, 15) is 9.90 Å². The molecule has 2 heterocycles. The second kappa shape index (κ2) is 7.33. The molecule has 1 atom stereocenters. The quantitative estimate of drug-likeness (QED) is 0.672. The molecule has 122 valence electrons. The fourth-order valence-corrected chi connectivity index (χ4v) is 3.12. The zero-order chi connectivity index (χ0) is 16.9. The van der Waals surface area contributed by atoms with E-state index in [-0.39, 0.29) is 5.78 Å². The molecule has 0 saturated heterocycles. The van der Waals surface area contributed by atoms with E-state index in [2.05, 4.69) is 15.3 Å². The summed E-state index contributed by atoms with van der Waals surface area (Å²) in [6, 6.07) is 15.0. The summed E-state index contributed by atoms with van der Waals surface area (Å²) in [6.07, 6.45) is 0.857. The SMILES string of the molecule is CC(=O)c1ccc(-c2cc(NCC(O)c3ccccc3)ncn2)s1. The summed E-state index contributed by atoms with van der Waals surface area (Å²) in [5, 5.41) is 13.3. The summed E-state index contributed by atoms with van der Waals surface area (Å²) in [5.74, 6) is 0.678. The van der Waals surface area contributed by atoms with Gasteiger partial charge < -0.3 is 10.4 Å². The Morgan fingerprint density at radius 1 is 1.21 bits per heavy atom. The third-order valence-electron chi connectivity index (χ3n) is 3.53. The highest BCUT2D eigenvalue weighted by Gasteiger charge is 2.10. The van der Waals surface area contributed by atoms with Gasteiger partial charge in [0.25, 0.3) is 0 Å². The van der Waals surface area contributed by atoms with E-state index in [1.807, 2.05) is 42.5 Å². The van der Waals surface area contributed by atoms with Crippen molar-refractivity contribution in [3.05, 3.63) is 65.3 Å². The maximum absolute atomic E-state index is 11.4. The summed E-state index contributed by atoms with van der Waals surface area (Å²) in [5.41, 5.74) is 1.60. The lowest BCUT2D eigenvalue weighted by Gasteiger charge is -2.12. The zero-order valence-electron chi connectivity index (χ0n) is 13.1. The van der Waals surface area contributed by atoms with Gasteiger partial charge in [0, 0.05) is 12.6 Å². The smallest absolute Gasteiger partial charge is 0.169 e. The minimum absolute atomic E-state index is 0.0460. The van der Waals surface area contributed by atoms with Crippen molar-refractivity contribution in [3.63, 3.8) is 0 Å². The lowest BCUT2D eigenvalue weighted by atomic mass is 10.1. The minimum atomic E-state index is -0.615. The summed E-state index contributed by atoms with van der Waals surface area (Å²) >= 11 is 1.41. The number of nitrogens with one attached hydrogen (secondary N) is 1. The van der Waals surface area contributed by atoms with E-state index < -0.39 is 6.10 Å². The van der Waals surface area contributed by atoms with Crippen LogP contribution in [0.5, 0.6) is 0 Å². The molecule has 0 bridgehead atoms. The highest BCUT2D eigenvalue weighted by molar-refractivity contribution is 7.17. The van der Waals surface area contributed by atoms with E-state index in [1.165, 1.54) is 17.7 Å². The van der Waals surface area contributed by atoms with Gasteiger partial charge in [-0.05, 0) is 24.6 Å². The molecule has 0 aliphatic heterocycles. The molecule has 24 heavy (non-hydrogen) atoms. The Bertz CT molecular complexity index is 833. The van der Waals surface area contributed by atoms with Crippen LogP contribution in [0.3, 0.4) is 0 Å². The van der Waals surface area contributed by atoms with Crippen molar-refractivity contribution in [1.29, 1.82) is 0 Å². The summed E-state index contributed by atoms with van der Waals surface area (Å²) in [4.78, 5) is 21.5. The van der Waals surface area contributed by atoms with E-state index in [1.54, 1.807) is 13.0 Å². The second-order valence-corrected chi connectivity index (χ2v) is 6.40. The first-order valence-corrected chi connectivity index (χ1v) is 8.35. The van der Waals surface area contributed by atoms with Crippen LogP contribution in [0.4, 0.5) is 5.82 Å². The molecule has 0 saturated carbocycles. The van der Waals surface area contributed by atoms with E-state index in [0.717, 1.165) is 16.1 Å². The lowest BCUT2D eigenvalue weighted by Crippen LogP contribution is -2.13. The van der Waals surface area contributed by atoms with Crippen LogP contribution in [-0.4, -0.2) is 27.4 Å². The number of thiophene rings is 1. The fraction of sp³-hybridized carbons (Fsp3) is 0.167. The number of hydrogen-bond donors (Lipinski definition) is 2. The van der Waals surface area contributed by atoms with Gasteiger partial charge >= 0.3 is 0 Å². The average Bonchev–Trinajstić information content (AvgIpc) is 3.11. The monoisotopic (exact) mass is 339 g/mol. The number of benzene rings is 1. The molecule has 0 amide bonds. The highest BCUT2D eigenvalue weighted by Crippen LogP contribution is 2.27. The number of anilines is 1. The molecule has 1 aromatic carbocycles. The predicted octanol–water partition coefficient (Wildman–Crippen LogP) is 3.55. The number of nitrogens with zero attached hydrogens (tertiary/aromatic N) is 2. The van der Waals surface area contributed by atoms with Gasteiger partial charge in [0.1, 0.15) is 12.1 Å². The summed E-state index contributed by atoms with van der Waals surface area (Å²) in [7, 11) is 0. The maximum atomic E-state index is 11.4. The molecule has 2 N–H and O–H groups in total. The number of carbonyl (C=O) groups is 1. The highest BCUT2D eigenvalue weighted by atomic mass is 32.1. The van der Waals surface area contributed by atoms with Gasteiger partial charge in [0.2, 0.25) is 0 Å². The van der Waals surface area contributed by atoms with Crippen molar-refractivity contribution in [3.8, 4) is 10.6 Å². The van der Waals surface area contributed by atoms with Gasteiger partial charge in [0.05, 0.1) is 21.6 Å². The van der Waals surface area contributed by atoms with Crippen LogP contribution >= 0.6 is 11.3 Å². The summed E-state index contributed by atoms with van der Waals surface area (Å²) < 4.78 is 0. The van der Waals surface area contributed by atoms with Crippen molar-refractivity contribution in [2.75, 3.05) is 11.9 Å². The van der Waals surface area contributed by atoms with E-state index >= 15 is 0 Å². The number of aliphatic hydroxyl groups excluding tert-OH is 1. The van der Waals surface area contributed by atoms with Crippen LogP contribution in [0.15, 0.2) is 54.9 Å². The van der Waals surface area contributed by atoms with Crippen LogP contribution in [-0.2, 0) is 0 Å². The number of rotatable bonds is 6. The average molecular weight is 339 g/mol. The Labute approximate surface area is 144 Å². The Hall–Kier alpha value is -2.57. The number of carbonyl (C=O) groups excluding carboxylic acids is 1. The number of aromatic nitrogens is 2. The lowest BCUT2D eigenvalue weighted by molar-refractivity contribution is 0.102. The van der Waals surface area contributed by atoms with Crippen LogP contribution in [0.1, 0.15) is 28.3 Å². The van der Waals surface area contributed by atoms with E-state index in [0.29, 0.717) is 17.2 Å². The minimum Gasteiger partial charge on any atom is -0.387 e. The van der Waals surface area contributed by atoms with Gasteiger partial charge in [-0.1, -0.05) is 30.3 Å². The van der Waals surface area contributed by atoms with Crippen LogP contribution in [0, 0.1) is 0 Å². The van der Waals surface area contributed by atoms with Gasteiger partial charge in [-0.15, -0.1) is 11.3 Å². The molecule has 1 unspecified atom stereocenters. The number of aliphatic hydroxyl groups is 1. The molecular weight excluding hydrogens is 322 g/mol. The number of ketones is 1. The first kappa shape index (κ1) is 16.3. The Morgan fingerprint density at radius 2 is 2.00 bits per heavy atom. The molecule has 0 fully saturated rings. The molecule has 2 aromatic heterocycles. The van der Waals surface area contributed by atoms with Crippen molar-refractivity contribution in [1.82, 2.24) is 9.97 Å². The van der Waals surface area contributed by atoms with Crippen molar-refractivity contribution in [2.45, 2.75) is 13.0 Å². The number of hydrogen-bond acceptors (Lipinski definition) is 6. The molecule has 5 nitrogen and oxygen atoms in total. The van der Waals surface area contributed by atoms with Crippen molar-refractivity contribution in [2.24, 2.45) is 0 Å². The predicted molar refractivity (Wildman–Crippen MR) is 95.2 cm³/mol. The largest absolute Gasteiger partial charge is 0.387 e. The fourth-order valence-electron chi connectivity index (χ4n) is 2.25. The topological polar surface area (TPSA) is 75.1 Å². The first-order valence-electron chi connectivity index (χ1n) is 7.53. The third-order valence-corrected chi connectivity index (χ3v) is 4.74. The van der Waals surface area contributed by atoms with E-state index in [4.69, 9.17) is 0 Å². The molecule has 0 aliphatic rings. The van der Waals surface area contributed by atoms with Gasteiger partial charge in [-0.2, -0.15) is 0 Å². The zero-order valence-corrected chi connectivity index (χ0v) is 14.0. The molecule has 3 rings (SSSR count). The third kappa shape index (κ3) is 3.84. The Kier molecular flexibility index (Phi) is 4.98. The maximum Gasteiger partial charge on any atom is 0.169 e. The number of Topliss-reactive ketones (excluding diaryl/α,β-unsaturated/α-hetero) is 1. The summed E-state index contributed by atoms with van der Waals surface area (Å²) in [6.45, 7) is 1.90. The first-order chi connectivity index (χ1) is 11.6. The Balaban J connectivity index is 1.70. The molecule has 0 radical (unpaired) electrons. The molecule has 6 heteroatoms. The molecular formula is C18H17N3O2S. The van der Waals surface area contributed by atoms with Crippen molar-refractivity contribution < 1.29 is 9.90 Å². The van der Waals surface area contributed by atoms with Crippen LogP contribution < -0.4 is 5.32 Å². The van der Waals surface area contributed by atoms with Gasteiger partial charge in [0.15, 0.2) is 5.78 Å². The molecule has 0 spiro atoms. The molecule has 3 aromatic rings. The second-order valence-electron chi connectivity index (χ2n) is 5.32. The van der Waals surface area contributed by atoms with Gasteiger partial charge in [-0.3, -0.25) is 4.79 Å². The standard InChI is InChI=1S/C18H17N3O2S/c1-12(22)16-7-8-17(24-16)14-9-18(21-11-20-14)19-10-15(23)13-5-3-2-4-6-13/h2-9,11,15,23H,10H2,1H3,(H,19,20,21). The van der Waals surface area contributed by atoms with Crippen LogP contribution in [0.2, 0.25) is 0 Å². The normalized spacial score (nSPS) is 11.9.